The van der Waals surface area contributed by atoms with Crippen LogP contribution in [-0.2, 0) is 0 Å². The molecule has 0 radical (unpaired) electrons. The third kappa shape index (κ3) is 1.39. The predicted molar refractivity (Wildman–Crippen MR) is 63.2 cm³/mol. The van der Waals surface area contributed by atoms with Crippen molar-refractivity contribution in [2.75, 3.05) is 0 Å². The molecule has 0 atom stereocenters. The van der Waals surface area contributed by atoms with E-state index in [1.165, 1.54) is 6.20 Å². The van der Waals surface area contributed by atoms with Gasteiger partial charge in [-0.1, -0.05) is 27.5 Å². The Kier molecular flexibility index (Phi) is 2.12. The Morgan fingerprint density at radius 3 is 2.94 bits per heavy atom. The number of hydrogen-bond donors (Lipinski definition) is 0. The van der Waals surface area contributed by atoms with Gasteiger partial charge in [-0.3, -0.25) is 4.40 Å². The molecule has 0 saturated heterocycles. The van der Waals surface area contributed by atoms with Gasteiger partial charge in [-0.05, 0) is 18.2 Å². The average molecular weight is 301 g/mol. The summed E-state index contributed by atoms with van der Waals surface area (Å²) in [6.07, 6.45) is 1.28. The summed E-state index contributed by atoms with van der Waals surface area (Å²) in [4.78, 5) is 8.11. The van der Waals surface area contributed by atoms with E-state index in [9.17, 15) is 4.39 Å². The SMILES string of the molecule is Fc1cn2c(nc1Cl)nc1ccc(Br)cc12. The van der Waals surface area contributed by atoms with Crippen molar-refractivity contribution in [3.05, 3.63) is 39.8 Å². The monoisotopic (exact) mass is 299 g/mol. The Labute approximate surface area is 103 Å². The van der Waals surface area contributed by atoms with Gasteiger partial charge < -0.3 is 0 Å². The zero-order valence-corrected chi connectivity index (χ0v) is 10.1. The fraction of sp³-hybridized carbons (Fsp3) is 0. The summed E-state index contributed by atoms with van der Waals surface area (Å²) >= 11 is 8.95. The lowest BCUT2D eigenvalue weighted by molar-refractivity contribution is 0.613. The second kappa shape index (κ2) is 3.40. The molecule has 3 nitrogen and oxygen atoms in total. The summed E-state index contributed by atoms with van der Waals surface area (Å²) < 4.78 is 15.8. The molecule has 3 aromatic rings. The second-order valence-electron chi connectivity index (χ2n) is 3.29. The van der Waals surface area contributed by atoms with E-state index in [0.717, 1.165) is 15.5 Å². The molecule has 0 aliphatic heterocycles. The summed E-state index contributed by atoms with van der Waals surface area (Å²) in [7, 11) is 0. The van der Waals surface area contributed by atoms with Crippen LogP contribution in [0.1, 0.15) is 0 Å². The number of nitrogens with zero attached hydrogens (tertiary/aromatic N) is 3. The number of hydrogen-bond acceptors (Lipinski definition) is 2. The summed E-state index contributed by atoms with van der Waals surface area (Å²) in [6, 6.07) is 5.55. The fourth-order valence-corrected chi connectivity index (χ4v) is 2.04. The van der Waals surface area contributed by atoms with Crippen LogP contribution >= 0.6 is 27.5 Å². The van der Waals surface area contributed by atoms with Gasteiger partial charge in [0.1, 0.15) is 0 Å². The molecule has 6 heteroatoms. The molecule has 80 valence electrons. The molecule has 0 aliphatic rings. The normalized spacial score (nSPS) is 11.4. The molecule has 16 heavy (non-hydrogen) atoms. The smallest absolute Gasteiger partial charge is 0.236 e. The molecule has 2 aromatic heterocycles. The van der Waals surface area contributed by atoms with Crippen molar-refractivity contribution in [3.63, 3.8) is 0 Å². The third-order valence-corrected chi connectivity index (χ3v) is 3.03. The van der Waals surface area contributed by atoms with E-state index in [-0.39, 0.29) is 5.15 Å². The van der Waals surface area contributed by atoms with E-state index in [1.54, 1.807) is 4.40 Å². The van der Waals surface area contributed by atoms with Gasteiger partial charge >= 0.3 is 0 Å². The van der Waals surface area contributed by atoms with Gasteiger partial charge in [0.2, 0.25) is 5.78 Å². The molecular formula is C10H4BrClFN3. The first-order valence-electron chi connectivity index (χ1n) is 4.44. The van der Waals surface area contributed by atoms with E-state index >= 15 is 0 Å². The standard InChI is InChI=1S/C10H4BrClFN3/c11-5-1-2-7-8(3-5)16-4-6(13)9(12)15-10(16)14-7/h1-4H. The van der Waals surface area contributed by atoms with Gasteiger partial charge in [0.25, 0.3) is 0 Å². The number of halogens is 3. The molecule has 0 N–H and O–H groups in total. The highest BCUT2D eigenvalue weighted by molar-refractivity contribution is 9.10. The van der Waals surface area contributed by atoms with Crippen molar-refractivity contribution >= 4 is 44.3 Å². The third-order valence-electron chi connectivity index (χ3n) is 2.27. The van der Waals surface area contributed by atoms with Crippen molar-refractivity contribution < 1.29 is 4.39 Å². The summed E-state index contributed by atoms with van der Waals surface area (Å²) in [6.45, 7) is 0. The lowest BCUT2D eigenvalue weighted by Gasteiger charge is -1.97. The van der Waals surface area contributed by atoms with Crippen LogP contribution in [0.2, 0.25) is 5.15 Å². The van der Waals surface area contributed by atoms with Gasteiger partial charge in [0, 0.05) is 4.47 Å². The highest BCUT2D eigenvalue weighted by Gasteiger charge is 2.09. The number of benzene rings is 1. The van der Waals surface area contributed by atoms with Gasteiger partial charge in [-0.25, -0.2) is 9.37 Å². The molecule has 0 aliphatic carbocycles. The molecule has 0 unspecified atom stereocenters. The minimum absolute atomic E-state index is 0.165. The maximum absolute atomic E-state index is 13.3. The van der Waals surface area contributed by atoms with Crippen molar-refractivity contribution in [2.24, 2.45) is 0 Å². The summed E-state index contributed by atoms with van der Waals surface area (Å²) in [5.41, 5.74) is 1.53. The van der Waals surface area contributed by atoms with E-state index < -0.39 is 5.82 Å². The van der Waals surface area contributed by atoms with Crippen LogP contribution in [0.3, 0.4) is 0 Å². The van der Waals surface area contributed by atoms with Crippen LogP contribution in [-0.4, -0.2) is 14.4 Å². The van der Waals surface area contributed by atoms with Crippen LogP contribution < -0.4 is 0 Å². The minimum atomic E-state index is -0.562. The first-order valence-corrected chi connectivity index (χ1v) is 5.61. The second-order valence-corrected chi connectivity index (χ2v) is 4.57. The van der Waals surface area contributed by atoms with Crippen molar-refractivity contribution in [3.8, 4) is 0 Å². The molecule has 0 bridgehead atoms. The zero-order valence-electron chi connectivity index (χ0n) is 7.78. The molecule has 3 rings (SSSR count). The first kappa shape index (κ1) is 9.99. The van der Waals surface area contributed by atoms with Crippen LogP contribution in [0.5, 0.6) is 0 Å². The fourth-order valence-electron chi connectivity index (χ4n) is 1.57. The van der Waals surface area contributed by atoms with Crippen LogP contribution in [0.25, 0.3) is 16.8 Å². The Balaban J connectivity index is 2.53. The molecular weight excluding hydrogens is 296 g/mol. The molecule has 0 amide bonds. The van der Waals surface area contributed by atoms with E-state index in [2.05, 4.69) is 25.9 Å². The van der Waals surface area contributed by atoms with Gasteiger partial charge in [-0.15, -0.1) is 0 Å². The van der Waals surface area contributed by atoms with Gasteiger partial charge in [-0.2, -0.15) is 4.98 Å². The maximum Gasteiger partial charge on any atom is 0.236 e. The number of aromatic nitrogens is 3. The van der Waals surface area contributed by atoms with E-state index in [0.29, 0.717) is 5.78 Å². The molecule has 0 spiro atoms. The highest BCUT2D eigenvalue weighted by Crippen LogP contribution is 2.22. The minimum Gasteiger partial charge on any atom is -0.281 e. The Hall–Kier alpha value is -1.20. The molecule has 0 fully saturated rings. The lowest BCUT2D eigenvalue weighted by Crippen LogP contribution is -1.92. The van der Waals surface area contributed by atoms with Crippen LogP contribution in [0.15, 0.2) is 28.9 Å². The zero-order chi connectivity index (χ0) is 11.3. The highest BCUT2D eigenvalue weighted by atomic mass is 79.9. The summed E-state index contributed by atoms with van der Waals surface area (Å²) in [5, 5.41) is -0.165. The Morgan fingerprint density at radius 1 is 1.31 bits per heavy atom. The van der Waals surface area contributed by atoms with Gasteiger partial charge in [0.05, 0.1) is 17.2 Å². The van der Waals surface area contributed by atoms with Crippen LogP contribution in [0, 0.1) is 5.82 Å². The number of imidazole rings is 1. The topological polar surface area (TPSA) is 30.2 Å². The molecule has 2 heterocycles. The van der Waals surface area contributed by atoms with Crippen molar-refractivity contribution in [2.45, 2.75) is 0 Å². The predicted octanol–water partition coefficient (Wildman–Crippen LogP) is 3.44. The Bertz CT molecular complexity index is 710. The van der Waals surface area contributed by atoms with Crippen molar-refractivity contribution in [1.82, 2.24) is 14.4 Å². The Morgan fingerprint density at radius 2 is 2.12 bits per heavy atom. The lowest BCUT2D eigenvalue weighted by atomic mass is 10.3. The van der Waals surface area contributed by atoms with Gasteiger partial charge in [0.15, 0.2) is 11.0 Å². The van der Waals surface area contributed by atoms with E-state index in [1.807, 2.05) is 18.2 Å². The largest absolute Gasteiger partial charge is 0.281 e. The first-order chi connectivity index (χ1) is 7.65. The quantitative estimate of drug-likeness (QED) is 0.595. The average Bonchev–Trinajstić information content (AvgIpc) is 2.57. The molecule has 1 aromatic carbocycles. The van der Waals surface area contributed by atoms with E-state index in [4.69, 9.17) is 11.6 Å². The number of fused-ring (bicyclic) bond motifs is 3. The van der Waals surface area contributed by atoms with Crippen LogP contribution in [0.4, 0.5) is 4.39 Å². The number of rotatable bonds is 0. The molecule has 0 saturated carbocycles. The van der Waals surface area contributed by atoms with Crippen molar-refractivity contribution in [1.29, 1.82) is 0 Å². The maximum atomic E-state index is 13.3. The summed E-state index contributed by atoms with van der Waals surface area (Å²) in [5.74, 6) is -0.173.